The van der Waals surface area contributed by atoms with E-state index in [1.165, 1.54) is 25.3 Å². The number of hydrogen-bond acceptors (Lipinski definition) is 6. The molecule has 0 radical (unpaired) electrons. The van der Waals surface area contributed by atoms with Crippen molar-refractivity contribution in [2.75, 3.05) is 12.4 Å². The molecule has 0 aromatic heterocycles. The second-order valence-corrected chi connectivity index (χ2v) is 7.80. The summed E-state index contributed by atoms with van der Waals surface area (Å²) >= 11 is 0. The summed E-state index contributed by atoms with van der Waals surface area (Å²) in [5.74, 6) is -0.527. The lowest BCUT2D eigenvalue weighted by molar-refractivity contribution is -0.385. The number of benzene rings is 4. The van der Waals surface area contributed by atoms with E-state index < -0.39 is 10.8 Å². The Bertz CT molecular complexity index is 1320. The summed E-state index contributed by atoms with van der Waals surface area (Å²) in [6.07, 6.45) is 0. The lowest BCUT2D eigenvalue weighted by atomic mass is 9.84. The summed E-state index contributed by atoms with van der Waals surface area (Å²) in [5, 5.41) is 33.6. The molecule has 0 fully saturated rings. The lowest BCUT2D eigenvalue weighted by Crippen LogP contribution is -2.15. The number of hydrogen-bond donors (Lipinski definition) is 3. The highest BCUT2D eigenvalue weighted by atomic mass is 16.6. The molecule has 0 aliphatic rings. The molecule has 8 nitrogen and oxygen atoms in total. The van der Waals surface area contributed by atoms with Gasteiger partial charge in [-0.3, -0.25) is 14.9 Å². The summed E-state index contributed by atoms with van der Waals surface area (Å²) in [6.45, 7) is 0. The van der Waals surface area contributed by atoms with Crippen LogP contribution in [0.2, 0.25) is 0 Å². The SMILES string of the molecule is COc1cc(C(=O)Nc2ccccc2C(c2ccc(O)cc2)c2ccc(O)cc2)ccc1[N+](=O)[O-]. The fourth-order valence-electron chi connectivity index (χ4n) is 3.91. The quantitative estimate of drug-likeness (QED) is 0.188. The van der Waals surface area contributed by atoms with Crippen molar-refractivity contribution in [3.8, 4) is 17.2 Å². The minimum atomic E-state index is -0.574. The van der Waals surface area contributed by atoms with Gasteiger partial charge in [-0.05, 0) is 53.1 Å². The molecule has 8 heteroatoms. The monoisotopic (exact) mass is 470 g/mol. The fourth-order valence-corrected chi connectivity index (χ4v) is 3.91. The van der Waals surface area contributed by atoms with Crippen LogP contribution in [0.4, 0.5) is 11.4 Å². The van der Waals surface area contributed by atoms with Crippen LogP contribution < -0.4 is 10.1 Å². The van der Waals surface area contributed by atoms with Gasteiger partial charge in [0.25, 0.3) is 5.91 Å². The highest BCUT2D eigenvalue weighted by Gasteiger charge is 2.22. The van der Waals surface area contributed by atoms with Crippen LogP contribution in [0.1, 0.15) is 33.0 Å². The van der Waals surface area contributed by atoms with E-state index in [4.69, 9.17) is 4.74 Å². The minimum absolute atomic E-state index is 0.0120. The standard InChI is InChI=1S/C27H22N2O6/c1-35-25-16-19(10-15-24(25)29(33)34)27(32)28-23-5-3-2-4-22(23)26(17-6-11-20(30)12-7-17)18-8-13-21(31)14-9-18/h2-16,26,30-31H,1H3,(H,28,32). The van der Waals surface area contributed by atoms with E-state index in [9.17, 15) is 25.1 Å². The van der Waals surface area contributed by atoms with Gasteiger partial charge in [0.1, 0.15) is 11.5 Å². The van der Waals surface area contributed by atoms with Crippen LogP contribution in [0.3, 0.4) is 0 Å². The van der Waals surface area contributed by atoms with E-state index in [1.807, 2.05) is 12.1 Å². The number of amides is 1. The third-order valence-corrected chi connectivity index (χ3v) is 5.61. The molecule has 35 heavy (non-hydrogen) atoms. The Balaban J connectivity index is 1.74. The second kappa shape index (κ2) is 9.96. The molecule has 0 saturated heterocycles. The molecule has 4 aromatic rings. The average molecular weight is 470 g/mol. The first kappa shape index (κ1) is 23.3. The maximum absolute atomic E-state index is 13.1. The van der Waals surface area contributed by atoms with E-state index in [-0.39, 0.29) is 34.4 Å². The molecule has 3 N–H and O–H groups in total. The Morgan fingerprint density at radius 1 is 0.886 bits per heavy atom. The molecule has 1 amide bonds. The number of nitrogens with one attached hydrogen (secondary N) is 1. The first-order chi connectivity index (χ1) is 16.9. The minimum Gasteiger partial charge on any atom is -0.508 e. The molecule has 0 saturated carbocycles. The number of nitro benzene ring substituents is 1. The molecule has 0 aliphatic heterocycles. The van der Waals surface area contributed by atoms with E-state index >= 15 is 0 Å². The van der Waals surface area contributed by atoms with Crippen LogP contribution >= 0.6 is 0 Å². The third kappa shape index (κ3) is 5.06. The van der Waals surface area contributed by atoms with Crippen LogP contribution in [-0.4, -0.2) is 28.2 Å². The molecule has 0 aliphatic carbocycles. The Morgan fingerprint density at radius 3 is 2.00 bits per heavy atom. The fraction of sp³-hybridized carbons (Fsp3) is 0.0741. The zero-order valence-corrected chi connectivity index (χ0v) is 18.7. The van der Waals surface area contributed by atoms with Crippen molar-refractivity contribution in [1.82, 2.24) is 0 Å². The number of anilines is 1. The van der Waals surface area contributed by atoms with Gasteiger partial charge in [0.2, 0.25) is 0 Å². The van der Waals surface area contributed by atoms with Crippen LogP contribution in [-0.2, 0) is 0 Å². The smallest absolute Gasteiger partial charge is 0.310 e. The lowest BCUT2D eigenvalue weighted by Gasteiger charge is -2.22. The van der Waals surface area contributed by atoms with Crippen LogP contribution in [0, 0.1) is 10.1 Å². The van der Waals surface area contributed by atoms with Crippen molar-refractivity contribution in [1.29, 1.82) is 0 Å². The topological polar surface area (TPSA) is 122 Å². The van der Waals surface area contributed by atoms with E-state index in [0.717, 1.165) is 16.7 Å². The van der Waals surface area contributed by atoms with Crippen LogP contribution in [0.15, 0.2) is 91.0 Å². The number of rotatable bonds is 7. The van der Waals surface area contributed by atoms with Gasteiger partial charge in [0.15, 0.2) is 5.75 Å². The van der Waals surface area contributed by atoms with Gasteiger partial charge in [-0.1, -0.05) is 42.5 Å². The van der Waals surface area contributed by atoms with Crippen molar-refractivity contribution in [2.24, 2.45) is 0 Å². The Hall–Kier alpha value is -4.85. The molecule has 4 aromatic carbocycles. The predicted octanol–water partition coefficient (Wildman–Crippen LogP) is 5.45. The summed E-state index contributed by atoms with van der Waals surface area (Å²) in [6, 6.07) is 24.8. The number of carbonyl (C=O) groups excluding carboxylic acids is 1. The van der Waals surface area contributed by atoms with Crippen LogP contribution in [0.25, 0.3) is 0 Å². The predicted molar refractivity (Wildman–Crippen MR) is 131 cm³/mol. The number of phenolic OH excluding ortho intramolecular Hbond substituents is 2. The summed E-state index contributed by atoms with van der Waals surface area (Å²) in [7, 11) is 1.30. The number of para-hydroxylation sites is 1. The first-order valence-corrected chi connectivity index (χ1v) is 10.7. The maximum Gasteiger partial charge on any atom is 0.310 e. The van der Waals surface area contributed by atoms with Crippen molar-refractivity contribution in [3.05, 3.63) is 123 Å². The molecule has 0 bridgehead atoms. The molecule has 0 spiro atoms. The molecule has 0 unspecified atom stereocenters. The van der Waals surface area contributed by atoms with Gasteiger partial charge in [-0.2, -0.15) is 0 Å². The van der Waals surface area contributed by atoms with E-state index in [1.54, 1.807) is 60.7 Å². The Labute approximate surface area is 201 Å². The van der Waals surface area contributed by atoms with Gasteiger partial charge in [-0.15, -0.1) is 0 Å². The van der Waals surface area contributed by atoms with Crippen molar-refractivity contribution >= 4 is 17.3 Å². The van der Waals surface area contributed by atoms with Crippen molar-refractivity contribution in [3.63, 3.8) is 0 Å². The van der Waals surface area contributed by atoms with Crippen LogP contribution in [0.5, 0.6) is 17.2 Å². The number of phenols is 2. The summed E-state index contributed by atoms with van der Waals surface area (Å²) in [5.41, 5.74) is 3.03. The Morgan fingerprint density at radius 2 is 1.46 bits per heavy atom. The summed E-state index contributed by atoms with van der Waals surface area (Å²) < 4.78 is 5.08. The largest absolute Gasteiger partial charge is 0.508 e. The molecule has 0 atom stereocenters. The van der Waals surface area contributed by atoms with Gasteiger partial charge >= 0.3 is 5.69 Å². The number of ether oxygens (including phenoxy) is 1. The molecule has 176 valence electrons. The number of carbonyl (C=O) groups is 1. The second-order valence-electron chi connectivity index (χ2n) is 7.80. The molecule has 4 rings (SSSR count). The number of aromatic hydroxyl groups is 2. The van der Waals surface area contributed by atoms with Gasteiger partial charge in [-0.25, -0.2) is 0 Å². The zero-order chi connectivity index (χ0) is 24.9. The van der Waals surface area contributed by atoms with Gasteiger partial charge < -0.3 is 20.3 Å². The maximum atomic E-state index is 13.1. The highest BCUT2D eigenvalue weighted by Crippen LogP contribution is 2.37. The van der Waals surface area contributed by atoms with Gasteiger partial charge in [0.05, 0.1) is 12.0 Å². The number of nitro groups is 1. The van der Waals surface area contributed by atoms with E-state index in [0.29, 0.717) is 5.69 Å². The average Bonchev–Trinajstić information content (AvgIpc) is 2.87. The molecular formula is C27H22N2O6. The van der Waals surface area contributed by atoms with E-state index in [2.05, 4.69) is 5.32 Å². The molecule has 0 heterocycles. The Kier molecular flexibility index (Phi) is 6.64. The zero-order valence-electron chi connectivity index (χ0n) is 18.7. The summed E-state index contributed by atoms with van der Waals surface area (Å²) in [4.78, 5) is 23.7. The van der Waals surface area contributed by atoms with Crippen molar-refractivity contribution in [2.45, 2.75) is 5.92 Å². The molecular weight excluding hydrogens is 448 g/mol. The first-order valence-electron chi connectivity index (χ1n) is 10.7. The third-order valence-electron chi connectivity index (χ3n) is 5.61. The van der Waals surface area contributed by atoms with Crippen molar-refractivity contribution < 1.29 is 24.7 Å². The number of nitrogens with zero attached hydrogens (tertiary/aromatic N) is 1. The normalized spacial score (nSPS) is 10.7. The van der Waals surface area contributed by atoms with Gasteiger partial charge in [0, 0.05) is 29.3 Å². The number of methoxy groups -OCH3 is 1. The highest BCUT2D eigenvalue weighted by molar-refractivity contribution is 6.05.